The van der Waals surface area contributed by atoms with Gasteiger partial charge in [0.25, 0.3) is 5.91 Å². The largest absolute Gasteiger partial charge is 0.325 e. The summed E-state index contributed by atoms with van der Waals surface area (Å²) in [6.45, 7) is 2.78. The van der Waals surface area contributed by atoms with E-state index in [1.54, 1.807) is 11.6 Å². The molecule has 2 aliphatic heterocycles. The third kappa shape index (κ3) is 4.39. The molecule has 1 saturated heterocycles. The van der Waals surface area contributed by atoms with Crippen LogP contribution in [0.15, 0.2) is 54.6 Å². The van der Waals surface area contributed by atoms with E-state index in [9.17, 15) is 9.59 Å². The predicted molar refractivity (Wildman–Crippen MR) is 111 cm³/mol. The van der Waals surface area contributed by atoms with Crippen LogP contribution >= 0.6 is 0 Å². The normalized spacial score (nSPS) is 21.8. The first-order valence-corrected chi connectivity index (χ1v) is 9.97. The van der Waals surface area contributed by atoms with Crippen molar-refractivity contribution in [1.82, 2.24) is 10.4 Å². The van der Waals surface area contributed by atoms with Crippen LogP contribution in [0.4, 0.5) is 5.69 Å². The van der Waals surface area contributed by atoms with Crippen molar-refractivity contribution in [2.24, 2.45) is 5.92 Å². The molecular formula is C23H25N3O3. The summed E-state index contributed by atoms with van der Waals surface area (Å²) in [5, 5.41) is 11.6. The van der Waals surface area contributed by atoms with Crippen molar-refractivity contribution in [3.63, 3.8) is 0 Å². The van der Waals surface area contributed by atoms with Gasteiger partial charge in [0.05, 0.1) is 5.92 Å². The number of anilines is 1. The number of piperidine rings is 1. The molecule has 2 unspecified atom stereocenters. The first kappa shape index (κ1) is 19.4. The standard InChI is InChI=1S/C23H25N3O3/c27-21(25-29)12-11-16-7-9-17(10-8-16)14-26-13-3-4-18(15-26)22-19-5-1-2-6-20(19)24-23(22)28/h1-2,5-12,18,22,29H,3-4,13-15H2,(H,24,28)(H,25,27). The Hall–Kier alpha value is -2.96. The van der Waals surface area contributed by atoms with E-state index in [4.69, 9.17) is 5.21 Å². The minimum Gasteiger partial charge on any atom is -0.325 e. The van der Waals surface area contributed by atoms with Crippen LogP contribution in [0, 0.1) is 5.92 Å². The third-order valence-corrected chi connectivity index (χ3v) is 5.77. The number of carbonyl (C=O) groups excluding carboxylic acids is 2. The Bertz CT molecular complexity index is 923. The number of fused-ring (bicyclic) bond motifs is 1. The maximum atomic E-state index is 12.6. The SMILES string of the molecule is O=C(C=Cc1ccc(CN2CCCC(C3C(=O)Nc4ccccc43)C2)cc1)NO. The summed E-state index contributed by atoms with van der Waals surface area (Å²) in [6, 6.07) is 16.0. The van der Waals surface area contributed by atoms with Crippen LogP contribution in [0.2, 0.25) is 0 Å². The average molecular weight is 391 g/mol. The highest BCUT2D eigenvalue weighted by Gasteiger charge is 2.38. The number of rotatable bonds is 5. The van der Waals surface area contributed by atoms with Crippen LogP contribution < -0.4 is 10.8 Å². The van der Waals surface area contributed by atoms with Gasteiger partial charge in [-0.25, -0.2) is 5.48 Å². The van der Waals surface area contributed by atoms with Crippen LogP contribution in [0.5, 0.6) is 0 Å². The highest BCUT2D eigenvalue weighted by Crippen LogP contribution is 2.40. The molecule has 4 rings (SSSR count). The molecule has 0 spiro atoms. The van der Waals surface area contributed by atoms with Crippen molar-refractivity contribution in [1.29, 1.82) is 0 Å². The smallest absolute Gasteiger partial charge is 0.267 e. The molecule has 2 amide bonds. The van der Waals surface area contributed by atoms with Crippen LogP contribution in [-0.4, -0.2) is 35.0 Å². The molecule has 6 heteroatoms. The number of carbonyl (C=O) groups is 2. The molecule has 6 nitrogen and oxygen atoms in total. The Kier molecular flexibility index (Phi) is 5.74. The summed E-state index contributed by atoms with van der Waals surface area (Å²) in [7, 11) is 0. The number of nitrogens with one attached hydrogen (secondary N) is 2. The molecule has 2 aromatic rings. The molecule has 0 saturated carbocycles. The Morgan fingerprint density at radius 3 is 2.79 bits per heavy atom. The van der Waals surface area contributed by atoms with Gasteiger partial charge in [-0.2, -0.15) is 0 Å². The first-order chi connectivity index (χ1) is 14.1. The van der Waals surface area contributed by atoms with Gasteiger partial charge in [-0.1, -0.05) is 42.5 Å². The van der Waals surface area contributed by atoms with Gasteiger partial charge in [-0.3, -0.25) is 19.7 Å². The fraction of sp³-hybridized carbons (Fsp3) is 0.304. The summed E-state index contributed by atoms with van der Waals surface area (Å²) in [4.78, 5) is 26.1. The van der Waals surface area contributed by atoms with Crippen LogP contribution in [-0.2, 0) is 16.1 Å². The number of para-hydroxylation sites is 1. The number of likely N-dealkylation sites (tertiary alicyclic amines) is 1. The molecule has 150 valence electrons. The lowest BCUT2D eigenvalue weighted by molar-refractivity contribution is -0.124. The lowest BCUT2D eigenvalue weighted by Gasteiger charge is -2.35. The number of hydroxylamine groups is 1. The van der Waals surface area contributed by atoms with Gasteiger partial charge in [0.1, 0.15) is 0 Å². The summed E-state index contributed by atoms with van der Waals surface area (Å²) < 4.78 is 0. The van der Waals surface area contributed by atoms with E-state index in [1.165, 1.54) is 11.6 Å². The van der Waals surface area contributed by atoms with Crippen molar-refractivity contribution in [3.8, 4) is 0 Å². The molecule has 3 N–H and O–H groups in total. The number of hydrogen-bond donors (Lipinski definition) is 3. The molecule has 2 heterocycles. The number of hydrogen-bond acceptors (Lipinski definition) is 4. The van der Waals surface area contributed by atoms with E-state index in [0.29, 0.717) is 5.92 Å². The second kappa shape index (κ2) is 8.59. The van der Waals surface area contributed by atoms with E-state index >= 15 is 0 Å². The van der Waals surface area contributed by atoms with Crippen LogP contribution in [0.1, 0.15) is 35.4 Å². The molecule has 0 aliphatic carbocycles. The minimum atomic E-state index is -0.550. The van der Waals surface area contributed by atoms with Gasteiger partial charge < -0.3 is 5.32 Å². The van der Waals surface area contributed by atoms with E-state index < -0.39 is 5.91 Å². The maximum absolute atomic E-state index is 12.6. The zero-order valence-electron chi connectivity index (χ0n) is 16.2. The zero-order chi connectivity index (χ0) is 20.2. The Morgan fingerprint density at radius 2 is 2.00 bits per heavy atom. The summed E-state index contributed by atoms with van der Waals surface area (Å²) in [6.07, 6.45) is 5.10. The lowest BCUT2D eigenvalue weighted by Crippen LogP contribution is -2.38. The van der Waals surface area contributed by atoms with Gasteiger partial charge in [0.15, 0.2) is 0 Å². The van der Waals surface area contributed by atoms with Crippen molar-refractivity contribution in [2.45, 2.75) is 25.3 Å². The molecule has 29 heavy (non-hydrogen) atoms. The Morgan fingerprint density at radius 1 is 1.21 bits per heavy atom. The van der Waals surface area contributed by atoms with Crippen LogP contribution in [0.25, 0.3) is 6.08 Å². The highest BCUT2D eigenvalue weighted by molar-refractivity contribution is 6.03. The van der Waals surface area contributed by atoms with E-state index in [-0.39, 0.29) is 11.8 Å². The second-order valence-corrected chi connectivity index (χ2v) is 7.74. The van der Waals surface area contributed by atoms with E-state index in [0.717, 1.165) is 49.3 Å². The van der Waals surface area contributed by atoms with Crippen molar-refractivity contribution < 1.29 is 14.8 Å². The average Bonchev–Trinajstić information content (AvgIpc) is 3.09. The fourth-order valence-electron chi connectivity index (χ4n) is 4.41. The molecule has 0 bridgehead atoms. The minimum absolute atomic E-state index is 0.0563. The Balaban J connectivity index is 1.40. The molecule has 1 fully saturated rings. The maximum Gasteiger partial charge on any atom is 0.267 e. The van der Waals surface area contributed by atoms with Gasteiger partial charge in [-0.15, -0.1) is 0 Å². The molecular weight excluding hydrogens is 366 g/mol. The zero-order valence-corrected chi connectivity index (χ0v) is 16.2. The highest BCUT2D eigenvalue weighted by atomic mass is 16.5. The molecule has 2 atom stereocenters. The van der Waals surface area contributed by atoms with Gasteiger partial charge in [0, 0.05) is 24.9 Å². The number of amides is 2. The van der Waals surface area contributed by atoms with Gasteiger partial charge in [0.2, 0.25) is 5.91 Å². The molecule has 0 radical (unpaired) electrons. The van der Waals surface area contributed by atoms with Gasteiger partial charge in [-0.05, 0) is 54.1 Å². The summed E-state index contributed by atoms with van der Waals surface area (Å²) >= 11 is 0. The first-order valence-electron chi connectivity index (χ1n) is 9.97. The van der Waals surface area contributed by atoms with Crippen LogP contribution in [0.3, 0.4) is 0 Å². The quantitative estimate of drug-likeness (QED) is 0.415. The van der Waals surface area contributed by atoms with E-state index in [2.05, 4.69) is 28.4 Å². The number of benzene rings is 2. The van der Waals surface area contributed by atoms with Crippen molar-refractivity contribution >= 4 is 23.6 Å². The topological polar surface area (TPSA) is 81.7 Å². The molecule has 2 aromatic carbocycles. The fourth-order valence-corrected chi connectivity index (χ4v) is 4.41. The summed E-state index contributed by atoms with van der Waals surface area (Å²) in [5.41, 5.74) is 5.76. The third-order valence-electron chi connectivity index (χ3n) is 5.77. The predicted octanol–water partition coefficient (Wildman–Crippen LogP) is 3.15. The van der Waals surface area contributed by atoms with E-state index in [1.807, 2.05) is 30.3 Å². The molecule has 2 aliphatic rings. The second-order valence-electron chi connectivity index (χ2n) is 7.74. The number of nitrogens with zero attached hydrogens (tertiary/aromatic N) is 1. The molecule has 0 aromatic heterocycles. The monoisotopic (exact) mass is 391 g/mol. The summed E-state index contributed by atoms with van der Waals surface area (Å²) in [5.74, 6) is -0.155. The van der Waals surface area contributed by atoms with Crippen molar-refractivity contribution in [3.05, 3.63) is 71.3 Å². The Labute approximate surface area is 170 Å². The van der Waals surface area contributed by atoms with Gasteiger partial charge >= 0.3 is 0 Å². The lowest BCUT2D eigenvalue weighted by atomic mass is 9.81. The van der Waals surface area contributed by atoms with Crippen molar-refractivity contribution in [2.75, 3.05) is 18.4 Å².